The molecule has 0 aliphatic carbocycles. The van der Waals surface area contributed by atoms with Gasteiger partial charge in [0.25, 0.3) is 5.91 Å². The van der Waals surface area contributed by atoms with Crippen molar-refractivity contribution in [1.29, 1.82) is 0 Å². The maximum absolute atomic E-state index is 13.5. The fraction of sp³-hybridized carbons (Fsp3) is 0.481. The Bertz CT molecular complexity index is 976. The molecule has 2 N–H and O–H groups in total. The number of amides is 1. The number of benzene rings is 2. The minimum atomic E-state index is 0.00591. The number of carbonyl (C=O) groups is 1. The molecule has 0 aromatic heterocycles. The third-order valence-electron chi connectivity index (χ3n) is 5.77. The van der Waals surface area contributed by atoms with E-state index in [-0.39, 0.29) is 18.0 Å². The lowest BCUT2D eigenvalue weighted by Crippen LogP contribution is -2.46. The summed E-state index contributed by atoms with van der Waals surface area (Å²) in [5.41, 5.74) is 2.41. The molecule has 0 fully saturated rings. The Labute approximate surface area is 242 Å². The third kappa shape index (κ3) is 8.97. The highest BCUT2D eigenvalue weighted by molar-refractivity contribution is 14.1. The molecule has 198 valence electrons. The van der Waals surface area contributed by atoms with Gasteiger partial charge in [-0.25, -0.2) is 0 Å². The van der Waals surface area contributed by atoms with E-state index >= 15 is 0 Å². The van der Waals surface area contributed by atoms with Gasteiger partial charge in [-0.05, 0) is 81.5 Å². The predicted molar refractivity (Wildman–Crippen MR) is 164 cm³/mol. The number of rotatable bonds is 15. The Hall–Kier alpha value is -1.76. The molecule has 0 saturated heterocycles. The average molecular weight is 721 g/mol. The predicted octanol–water partition coefficient (Wildman–Crippen LogP) is 6.01. The minimum absolute atomic E-state index is 0.00591. The van der Waals surface area contributed by atoms with Gasteiger partial charge in [-0.1, -0.05) is 45.2 Å². The molecule has 0 heterocycles. The fourth-order valence-electron chi connectivity index (χ4n) is 3.85. The maximum atomic E-state index is 13.5. The largest absolute Gasteiger partial charge is 0.496 e. The van der Waals surface area contributed by atoms with Crippen molar-refractivity contribution >= 4 is 57.3 Å². The molecule has 7 nitrogen and oxygen atoms in total. The van der Waals surface area contributed by atoms with Gasteiger partial charge in [0.15, 0.2) is 0 Å². The van der Waals surface area contributed by atoms with Gasteiger partial charge < -0.3 is 25.0 Å². The van der Waals surface area contributed by atoms with Crippen LogP contribution in [-0.4, -0.2) is 58.3 Å². The van der Waals surface area contributed by atoms with Gasteiger partial charge >= 0.3 is 0 Å². The van der Waals surface area contributed by atoms with Crippen LogP contribution in [0.2, 0.25) is 0 Å². The van der Waals surface area contributed by atoms with Crippen LogP contribution in [0, 0.1) is 6.92 Å². The molecule has 0 bridgehead atoms. The van der Waals surface area contributed by atoms with Crippen molar-refractivity contribution in [1.82, 2.24) is 4.90 Å². The van der Waals surface area contributed by atoms with Crippen molar-refractivity contribution in [2.24, 2.45) is 10.9 Å². The number of hydrogen-bond acceptors (Lipinski definition) is 6. The van der Waals surface area contributed by atoms with Crippen LogP contribution in [0.3, 0.4) is 0 Å². The van der Waals surface area contributed by atoms with E-state index in [4.69, 9.17) is 20.1 Å². The van der Waals surface area contributed by atoms with Crippen LogP contribution in [0.1, 0.15) is 54.6 Å². The molecule has 2 atom stereocenters. The van der Waals surface area contributed by atoms with Crippen LogP contribution in [0.5, 0.6) is 17.2 Å². The average Bonchev–Trinajstić information content (AvgIpc) is 2.88. The van der Waals surface area contributed by atoms with E-state index in [9.17, 15) is 4.79 Å². The number of nitrogens with two attached hydrogens (primary N) is 1. The maximum Gasteiger partial charge on any atom is 0.258 e. The van der Waals surface area contributed by atoms with Gasteiger partial charge in [0.05, 0.1) is 32.1 Å². The van der Waals surface area contributed by atoms with Crippen molar-refractivity contribution in [3.05, 3.63) is 53.1 Å². The van der Waals surface area contributed by atoms with E-state index in [1.807, 2.05) is 48.2 Å². The number of unbranched alkanes of at least 4 members (excludes halogenated alkanes) is 2. The summed E-state index contributed by atoms with van der Waals surface area (Å²) in [6, 6.07) is 11.7. The summed E-state index contributed by atoms with van der Waals surface area (Å²) in [4.78, 5) is 15.5. The third-order valence-corrected chi connectivity index (χ3v) is 8.32. The zero-order valence-electron chi connectivity index (χ0n) is 21.5. The summed E-state index contributed by atoms with van der Waals surface area (Å²) in [5.74, 6) is 7.27. The van der Waals surface area contributed by atoms with Gasteiger partial charge in [0.2, 0.25) is 0 Å². The highest BCUT2D eigenvalue weighted by Gasteiger charge is 2.29. The van der Waals surface area contributed by atoms with Crippen LogP contribution in [0.15, 0.2) is 41.5 Å². The lowest BCUT2D eigenvalue weighted by Gasteiger charge is -2.34. The number of halogens is 2. The first-order valence-corrected chi connectivity index (χ1v) is 15.1. The Morgan fingerprint density at radius 3 is 2.11 bits per heavy atom. The summed E-state index contributed by atoms with van der Waals surface area (Å²) in [6.07, 6.45) is 4.43. The number of methoxy groups -OCH3 is 1. The lowest BCUT2D eigenvalue weighted by atomic mass is 10.0. The Kier molecular flexibility index (Phi) is 13.7. The Balaban J connectivity index is 1.88. The van der Waals surface area contributed by atoms with E-state index in [0.717, 1.165) is 45.0 Å². The SMILES string of the molecule is COc1cc(OCCCCCOc2ccc(C=NN)cc2)cc(C)c1C(=O)N(C(C)CI)C(C)CI. The summed E-state index contributed by atoms with van der Waals surface area (Å²) in [5, 5.41) is 3.51. The summed E-state index contributed by atoms with van der Waals surface area (Å²) >= 11 is 4.67. The first-order chi connectivity index (χ1) is 17.4. The van der Waals surface area contributed by atoms with Gasteiger partial charge in [0, 0.05) is 27.0 Å². The molecule has 0 radical (unpaired) electrons. The normalized spacial score (nSPS) is 12.8. The van der Waals surface area contributed by atoms with Crippen LogP contribution in [0.4, 0.5) is 0 Å². The molecule has 2 unspecified atom stereocenters. The number of alkyl halides is 2. The number of hydrogen-bond donors (Lipinski definition) is 1. The minimum Gasteiger partial charge on any atom is -0.496 e. The molecule has 0 saturated carbocycles. The molecule has 0 aliphatic heterocycles. The Morgan fingerprint density at radius 1 is 1.00 bits per heavy atom. The van der Waals surface area contributed by atoms with Gasteiger partial charge in [-0.2, -0.15) is 5.10 Å². The molecular formula is C27H37I2N3O4. The number of nitrogens with zero attached hydrogens (tertiary/aromatic N) is 2. The van der Waals surface area contributed by atoms with Crippen LogP contribution < -0.4 is 20.1 Å². The molecule has 2 aromatic rings. The second-order valence-corrected chi connectivity index (χ2v) is 10.4. The summed E-state index contributed by atoms with van der Waals surface area (Å²) in [6.45, 7) is 7.36. The van der Waals surface area contributed by atoms with E-state index in [1.54, 1.807) is 13.3 Å². The Morgan fingerprint density at radius 2 is 1.58 bits per heavy atom. The lowest BCUT2D eigenvalue weighted by molar-refractivity contribution is 0.0652. The van der Waals surface area contributed by atoms with Gasteiger partial charge in [0.1, 0.15) is 17.2 Å². The quantitative estimate of drug-likeness (QED) is 0.0609. The molecule has 1 amide bonds. The van der Waals surface area contributed by atoms with Crippen LogP contribution in [0.25, 0.3) is 0 Å². The zero-order valence-corrected chi connectivity index (χ0v) is 25.8. The van der Waals surface area contributed by atoms with Crippen molar-refractivity contribution in [2.75, 3.05) is 29.2 Å². The van der Waals surface area contributed by atoms with Crippen molar-refractivity contribution in [3.8, 4) is 17.2 Å². The molecule has 2 rings (SSSR count). The van der Waals surface area contributed by atoms with Gasteiger partial charge in [-0.15, -0.1) is 0 Å². The van der Waals surface area contributed by atoms with Crippen LogP contribution >= 0.6 is 45.2 Å². The molecule has 0 spiro atoms. The standard InChI is InChI=1S/C27H37I2N3O4/c1-19-14-24(15-25(34-4)26(19)27(33)32(20(2)16-28)21(3)17-29)36-13-7-5-6-12-35-23-10-8-22(9-11-23)18-31-30/h8-11,14-15,18,20-21H,5-7,12-13,16-17,30H2,1-4H3. The zero-order chi connectivity index (χ0) is 26.5. The van der Waals surface area contributed by atoms with E-state index in [0.29, 0.717) is 30.3 Å². The van der Waals surface area contributed by atoms with Gasteiger partial charge in [-0.3, -0.25) is 4.79 Å². The number of aryl methyl sites for hydroxylation is 1. The van der Waals surface area contributed by atoms with Crippen molar-refractivity contribution in [2.45, 2.75) is 52.1 Å². The summed E-state index contributed by atoms with van der Waals surface area (Å²) in [7, 11) is 1.60. The van der Waals surface area contributed by atoms with E-state index < -0.39 is 0 Å². The highest BCUT2D eigenvalue weighted by atomic mass is 127. The fourth-order valence-corrected chi connectivity index (χ4v) is 4.70. The number of ether oxygens (including phenoxy) is 3. The monoisotopic (exact) mass is 721 g/mol. The number of carbonyl (C=O) groups excluding carboxylic acids is 1. The topological polar surface area (TPSA) is 86.4 Å². The second kappa shape index (κ2) is 16.2. The highest BCUT2D eigenvalue weighted by Crippen LogP contribution is 2.31. The molecule has 0 aliphatic rings. The van der Waals surface area contributed by atoms with E-state index in [1.165, 1.54) is 0 Å². The smallest absolute Gasteiger partial charge is 0.258 e. The van der Waals surface area contributed by atoms with Crippen molar-refractivity contribution < 1.29 is 19.0 Å². The number of hydrazone groups is 1. The second-order valence-electron chi connectivity index (χ2n) is 8.64. The van der Waals surface area contributed by atoms with Crippen molar-refractivity contribution in [3.63, 3.8) is 0 Å². The first-order valence-electron chi connectivity index (χ1n) is 12.1. The van der Waals surface area contributed by atoms with E-state index in [2.05, 4.69) is 64.1 Å². The molecular weight excluding hydrogens is 684 g/mol. The molecule has 9 heteroatoms. The summed E-state index contributed by atoms with van der Waals surface area (Å²) < 4.78 is 19.1. The van der Waals surface area contributed by atoms with Crippen LogP contribution in [-0.2, 0) is 0 Å². The molecule has 36 heavy (non-hydrogen) atoms. The first kappa shape index (κ1) is 30.5. The molecule has 2 aromatic carbocycles.